The highest BCUT2D eigenvalue weighted by atomic mass is 32.1. The molecule has 4 heteroatoms. The first kappa shape index (κ1) is 11.9. The van der Waals surface area contributed by atoms with E-state index in [-0.39, 0.29) is 24.6 Å². The summed E-state index contributed by atoms with van der Waals surface area (Å²) in [4.78, 5) is 24.7. The maximum atomic E-state index is 11.7. The van der Waals surface area contributed by atoms with Gasteiger partial charge in [-0.15, -0.1) is 11.3 Å². The van der Waals surface area contributed by atoms with Crippen molar-refractivity contribution in [3.8, 4) is 0 Å². The second-order valence-electron chi connectivity index (χ2n) is 3.33. The molecule has 1 rings (SSSR count). The van der Waals surface area contributed by atoms with Crippen LogP contribution < -0.4 is 0 Å². The minimum Gasteiger partial charge on any atom is -0.469 e. The van der Waals surface area contributed by atoms with Crippen LogP contribution in [-0.4, -0.2) is 18.9 Å². The van der Waals surface area contributed by atoms with Crippen LogP contribution in [0, 0.1) is 13.8 Å². The van der Waals surface area contributed by atoms with Crippen molar-refractivity contribution in [2.24, 2.45) is 0 Å². The Labute approximate surface area is 93.1 Å². The van der Waals surface area contributed by atoms with E-state index in [0.29, 0.717) is 0 Å². The lowest BCUT2D eigenvalue weighted by Crippen LogP contribution is -2.06. The third-order valence-electron chi connectivity index (χ3n) is 2.13. The van der Waals surface area contributed by atoms with Crippen LogP contribution in [0.2, 0.25) is 0 Å². The maximum absolute atomic E-state index is 11.7. The summed E-state index contributed by atoms with van der Waals surface area (Å²) in [6.45, 7) is 3.89. The number of ketones is 1. The number of carbonyl (C=O) groups excluding carboxylic acids is 2. The predicted molar refractivity (Wildman–Crippen MR) is 59.4 cm³/mol. The van der Waals surface area contributed by atoms with Gasteiger partial charge in [-0.05, 0) is 19.9 Å². The van der Waals surface area contributed by atoms with Crippen molar-refractivity contribution in [1.29, 1.82) is 0 Å². The van der Waals surface area contributed by atoms with Gasteiger partial charge < -0.3 is 4.74 Å². The molecule has 0 fully saturated rings. The van der Waals surface area contributed by atoms with Crippen molar-refractivity contribution in [2.45, 2.75) is 26.7 Å². The van der Waals surface area contributed by atoms with Crippen molar-refractivity contribution >= 4 is 23.1 Å². The fraction of sp³-hybridized carbons (Fsp3) is 0.455. The van der Waals surface area contributed by atoms with Gasteiger partial charge in [0.1, 0.15) is 0 Å². The summed E-state index contributed by atoms with van der Waals surface area (Å²) in [6, 6.07) is 1.87. The third-order valence-corrected chi connectivity index (χ3v) is 3.09. The van der Waals surface area contributed by atoms with Crippen LogP contribution in [0.15, 0.2) is 6.07 Å². The van der Waals surface area contributed by atoms with Gasteiger partial charge in [0.15, 0.2) is 5.78 Å². The highest BCUT2D eigenvalue weighted by molar-refractivity contribution is 7.12. The summed E-state index contributed by atoms with van der Waals surface area (Å²) < 4.78 is 4.48. The van der Waals surface area contributed by atoms with Crippen molar-refractivity contribution in [2.75, 3.05) is 7.11 Å². The van der Waals surface area contributed by atoms with Gasteiger partial charge in [0.2, 0.25) is 0 Å². The number of thiophene rings is 1. The Morgan fingerprint density at radius 1 is 1.33 bits per heavy atom. The van der Waals surface area contributed by atoms with E-state index < -0.39 is 0 Å². The molecule has 1 aromatic heterocycles. The SMILES string of the molecule is COC(=O)CCC(=O)c1cc(C)sc1C. The van der Waals surface area contributed by atoms with Gasteiger partial charge in [-0.2, -0.15) is 0 Å². The second-order valence-corrected chi connectivity index (χ2v) is 4.79. The highest BCUT2D eigenvalue weighted by Gasteiger charge is 2.13. The molecule has 0 spiro atoms. The second kappa shape index (κ2) is 5.07. The monoisotopic (exact) mass is 226 g/mol. The lowest BCUT2D eigenvalue weighted by atomic mass is 10.1. The van der Waals surface area contributed by atoms with E-state index >= 15 is 0 Å². The van der Waals surface area contributed by atoms with Crippen molar-refractivity contribution in [3.63, 3.8) is 0 Å². The Balaban J connectivity index is 2.61. The number of rotatable bonds is 4. The van der Waals surface area contributed by atoms with Gasteiger partial charge in [-0.3, -0.25) is 9.59 Å². The first-order valence-electron chi connectivity index (χ1n) is 4.71. The average Bonchev–Trinajstić information content (AvgIpc) is 2.53. The maximum Gasteiger partial charge on any atom is 0.305 e. The number of hydrogen-bond acceptors (Lipinski definition) is 4. The summed E-state index contributed by atoms with van der Waals surface area (Å²) in [6.07, 6.45) is 0.382. The van der Waals surface area contributed by atoms with Gasteiger partial charge in [0.05, 0.1) is 13.5 Å². The molecule has 0 amide bonds. The van der Waals surface area contributed by atoms with E-state index in [9.17, 15) is 9.59 Å². The number of aryl methyl sites for hydroxylation is 2. The molecule has 0 bridgehead atoms. The number of methoxy groups -OCH3 is 1. The molecule has 0 N–H and O–H groups in total. The van der Waals surface area contributed by atoms with E-state index in [4.69, 9.17) is 0 Å². The molecule has 0 aliphatic carbocycles. The topological polar surface area (TPSA) is 43.4 Å². The van der Waals surface area contributed by atoms with Crippen LogP contribution in [-0.2, 0) is 9.53 Å². The molecule has 0 atom stereocenters. The van der Waals surface area contributed by atoms with Crippen LogP contribution in [0.3, 0.4) is 0 Å². The predicted octanol–water partition coefficient (Wildman–Crippen LogP) is 2.50. The van der Waals surface area contributed by atoms with E-state index in [1.807, 2.05) is 19.9 Å². The smallest absolute Gasteiger partial charge is 0.305 e. The van der Waals surface area contributed by atoms with Crippen LogP contribution in [0.1, 0.15) is 33.0 Å². The van der Waals surface area contributed by atoms with Gasteiger partial charge in [0, 0.05) is 21.7 Å². The highest BCUT2D eigenvalue weighted by Crippen LogP contribution is 2.22. The number of Topliss-reactive ketones (excluding diaryl/α,β-unsaturated/α-hetero) is 1. The van der Waals surface area contributed by atoms with E-state index in [1.165, 1.54) is 7.11 Å². The third kappa shape index (κ3) is 3.16. The summed E-state index contributed by atoms with van der Waals surface area (Å²) in [5.41, 5.74) is 0.737. The fourth-order valence-corrected chi connectivity index (χ4v) is 2.30. The molecule has 0 saturated carbocycles. The average molecular weight is 226 g/mol. The zero-order valence-electron chi connectivity index (χ0n) is 9.12. The summed E-state index contributed by atoms with van der Waals surface area (Å²) in [5.74, 6) is -0.324. The minimum absolute atomic E-state index is 0.0160. The Morgan fingerprint density at radius 2 is 2.00 bits per heavy atom. The normalized spacial score (nSPS) is 10.1. The molecule has 15 heavy (non-hydrogen) atoms. The molecule has 1 heterocycles. The van der Waals surface area contributed by atoms with Gasteiger partial charge in [-0.25, -0.2) is 0 Å². The molecule has 3 nitrogen and oxygen atoms in total. The fourth-order valence-electron chi connectivity index (χ4n) is 1.36. The molecule has 0 aliphatic heterocycles. The first-order chi connectivity index (χ1) is 7.04. The number of esters is 1. The summed E-state index contributed by atoms with van der Waals surface area (Å²) in [5, 5.41) is 0. The van der Waals surface area contributed by atoms with E-state index in [2.05, 4.69) is 4.74 Å². The van der Waals surface area contributed by atoms with Crippen molar-refractivity contribution in [3.05, 3.63) is 21.4 Å². The van der Waals surface area contributed by atoms with Crippen LogP contribution in [0.25, 0.3) is 0 Å². The molecule has 0 radical (unpaired) electrons. The Bertz CT molecular complexity index is 379. The lowest BCUT2D eigenvalue weighted by Gasteiger charge is -1.99. The van der Waals surface area contributed by atoms with E-state index in [1.54, 1.807) is 11.3 Å². The van der Waals surface area contributed by atoms with Crippen LogP contribution in [0.5, 0.6) is 0 Å². The first-order valence-corrected chi connectivity index (χ1v) is 5.53. The Kier molecular flexibility index (Phi) is 4.03. The number of carbonyl (C=O) groups is 2. The molecule has 0 aromatic carbocycles. The standard InChI is InChI=1S/C11H14O3S/c1-7-6-9(8(2)15-7)10(12)4-5-11(13)14-3/h6H,4-5H2,1-3H3. The quantitative estimate of drug-likeness (QED) is 0.585. The molecule has 0 unspecified atom stereocenters. The molecule has 1 aromatic rings. The van der Waals surface area contributed by atoms with Gasteiger partial charge >= 0.3 is 5.97 Å². The van der Waals surface area contributed by atoms with Gasteiger partial charge in [-0.1, -0.05) is 0 Å². The van der Waals surface area contributed by atoms with E-state index in [0.717, 1.165) is 15.3 Å². The summed E-state index contributed by atoms with van der Waals surface area (Å²) >= 11 is 1.60. The molecular weight excluding hydrogens is 212 g/mol. The minimum atomic E-state index is -0.340. The molecule has 82 valence electrons. The Morgan fingerprint density at radius 3 is 2.47 bits per heavy atom. The largest absolute Gasteiger partial charge is 0.469 e. The number of hydrogen-bond donors (Lipinski definition) is 0. The zero-order valence-corrected chi connectivity index (χ0v) is 9.94. The molecular formula is C11H14O3S. The van der Waals surface area contributed by atoms with Crippen LogP contribution in [0.4, 0.5) is 0 Å². The molecule has 0 saturated heterocycles. The lowest BCUT2D eigenvalue weighted by molar-refractivity contribution is -0.140. The van der Waals surface area contributed by atoms with Crippen molar-refractivity contribution < 1.29 is 14.3 Å². The van der Waals surface area contributed by atoms with Crippen LogP contribution >= 0.6 is 11.3 Å². The summed E-state index contributed by atoms with van der Waals surface area (Å²) in [7, 11) is 1.33. The van der Waals surface area contributed by atoms with Crippen molar-refractivity contribution in [1.82, 2.24) is 0 Å². The van der Waals surface area contributed by atoms with Gasteiger partial charge in [0.25, 0.3) is 0 Å². The Hall–Kier alpha value is -1.16. The number of ether oxygens (including phenoxy) is 1. The zero-order chi connectivity index (χ0) is 11.4. The molecule has 0 aliphatic rings.